The van der Waals surface area contributed by atoms with Crippen LogP contribution in [-0.4, -0.2) is 82.1 Å². The fourth-order valence-corrected chi connectivity index (χ4v) is 8.20. The number of imidazole rings is 2. The molecule has 77 heavy (non-hydrogen) atoms. The maximum absolute atomic E-state index is 13.4. The Hall–Kier alpha value is -7.97. The number of nitrogens with one attached hydrogen (secondary N) is 1. The number of halogens is 8. The van der Waals surface area contributed by atoms with Gasteiger partial charge in [-0.05, 0) is 106 Å². The van der Waals surface area contributed by atoms with Crippen LogP contribution < -0.4 is 19.7 Å². The van der Waals surface area contributed by atoms with Gasteiger partial charge in [0.2, 0.25) is 0 Å². The fraction of sp³-hybridized carbons (Fsp3) is 0.255. The third-order valence-corrected chi connectivity index (χ3v) is 11.8. The average Bonchev–Trinajstić information content (AvgIpc) is 3.99. The van der Waals surface area contributed by atoms with E-state index in [4.69, 9.17) is 46.9 Å². The van der Waals surface area contributed by atoms with E-state index in [0.29, 0.717) is 77.8 Å². The molecule has 0 aliphatic rings. The van der Waals surface area contributed by atoms with E-state index in [1.54, 1.807) is 147 Å². The Morgan fingerprint density at radius 2 is 1.10 bits per heavy atom. The fourth-order valence-electron chi connectivity index (χ4n) is 7.84. The van der Waals surface area contributed by atoms with Crippen LogP contribution in [-0.2, 0) is 14.2 Å². The van der Waals surface area contributed by atoms with E-state index in [-0.39, 0.29) is 23.6 Å². The number of carbonyl (C=O) groups excluding carboxylic acids is 3. The predicted octanol–water partition coefficient (Wildman–Crippen LogP) is 15.1. The number of amides is 1. The van der Waals surface area contributed by atoms with Crippen LogP contribution >= 0.6 is 23.2 Å². The molecule has 4 aromatic heterocycles. The lowest BCUT2D eigenvalue weighted by atomic mass is 10.0. The van der Waals surface area contributed by atoms with Crippen molar-refractivity contribution in [2.45, 2.75) is 65.4 Å². The van der Waals surface area contributed by atoms with Gasteiger partial charge in [-0.25, -0.2) is 24.4 Å². The number of carbonyl (C=O) groups is 3. The lowest BCUT2D eigenvalue weighted by molar-refractivity contribution is -0.132. The predicted molar refractivity (Wildman–Crippen MR) is 280 cm³/mol. The standard InChI is InChI=1S/C30H29ClF3N3O5.C25H21ClF3N3O3/c1-18-13-19(9-10-23(18)27(38)40-5)25-16-35-26-24(36(12-11-30(32,33)34)28(39)42-29(2,3)4)15-22(17-37(25)26)41-21-8-6-7-20(31)14-21;1-15-10-16(6-7-20(15)24(33)34-2)22-13-31-23-21(30-9-8-25(27,28)29)12-19(14-32(22)23)35-18-5-3-4-17(26)11-18/h6-10,13-17H,11-12H2,1-5H3;3-7,10-14,30H,8-9H2,1-2H3. The first-order valence-electron chi connectivity index (χ1n) is 23.5. The molecule has 1 N–H and O–H groups in total. The highest BCUT2D eigenvalue weighted by Gasteiger charge is 2.33. The Kier molecular flexibility index (Phi) is 17.3. The minimum absolute atomic E-state index is 0.0437. The third kappa shape index (κ3) is 14.7. The minimum atomic E-state index is -4.54. The number of esters is 2. The van der Waals surface area contributed by atoms with Gasteiger partial charge in [0, 0.05) is 46.4 Å². The smallest absolute Gasteiger partial charge is 0.414 e. The molecule has 22 heteroatoms. The first-order chi connectivity index (χ1) is 36.3. The van der Waals surface area contributed by atoms with Gasteiger partial charge < -0.3 is 29.0 Å². The molecular formula is C55H50Cl2F6N6O8. The van der Waals surface area contributed by atoms with E-state index in [2.05, 4.69) is 15.3 Å². The molecule has 0 spiro atoms. The number of alkyl halides is 6. The number of methoxy groups -OCH3 is 2. The molecule has 14 nitrogen and oxygen atoms in total. The van der Waals surface area contributed by atoms with Crippen LogP contribution in [0, 0.1) is 13.8 Å². The van der Waals surface area contributed by atoms with Crippen molar-refractivity contribution < 1.29 is 64.4 Å². The van der Waals surface area contributed by atoms with Crippen LogP contribution in [0.2, 0.25) is 10.0 Å². The second-order valence-electron chi connectivity index (χ2n) is 18.3. The van der Waals surface area contributed by atoms with Crippen molar-refractivity contribution >= 4 is 63.9 Å². The summed E-state index contributed by atoms with van der Waals surface area (Å²) in [4.78, 5) is 47.1. The molecule has 8 aromatic rings. The number of ether oxygens (including phenoxy) is 5. The number of pyridine rings is 2. The number of nitrogens with zero attached hydrogens (tertiary/aromatic N) is 5. The van der Waals surface area contributed by atoms with Gasteiger partial charge in [-0.1, -0.05) is 47.5 Å². The number of anilines is 2. The minimum Gasteiger partial charge on any atom is -0.465 e. The molecule has 0 radical (unpaired) electrons. The second kappa shape index (κ2) is 23.5. The summed E-state index contributed by atoms with van der Waals surface area (Å²) in [7, 11) is 2.60. The Labute approximate surface area is 448 Å². The molecule has 4 heterocycles. The van der Waals surface area contributed by atoms with Crippen molar-refractivity contribution in [2.24, 2.45) is 0 Å². The van der Waals surface area contributed by atoms with Gasteiger partial charge in [0.1, 0.15) is 28.6 Å². The van der Waals surface area contributed by atoms with Crippen molar-refractivity contribution in [2.75, 3.05) is 37.5 Å². The monoisotopic (exact) mass is 1110 g/mol. The highest BCUT2D eigenvalue weighted by molar-refractivity contribution is 6.31. The van der Waals surface area contributed by atoms with Crippen LogP contribution in [0.25, 0.3) is 33.8 Å². The summed E-state index contributed by atoms with van der Waals surface area (Å²) in [6.07, 6.45) is -5.66. The van der Waals surface area contributed by atoms with E-state index < -0.39 is 55.4 Å². The zero-order valence-electron chi connectivity index (χ0n) is 42.4. The number of aromatic nitrogens is 4. The number of fused-ring (bicyclic) bond motifs is 2. The van der Waals surface area contributed by atoms with E-state index in [1.807, 2.05) is 6.07 Å². The van der Waals surface area contributed by atoms with Crippen molar-refractivity contribution in [3.8, 4) is 45.5 Å². The largest absolute Gasteiger partial charge is 0.465 e. The number of hydrogen-bond acceptors (Lipinski definition) is 11. The Morgan fingerprint density at radius 1 is 0.623 bits per heavy atom. The van der Waals surface area contributed by atoms with Gasteiger partial charge in [0.25, 0.3) is 0 Å². The molecule has 8 rings (SSSR count). The van der Waals surface area contributed by atoms with Crippen molar-refractivity contribution in [1.82, 2.24) is 18.8 Å². The maximum Gasteiger partial charge on any atom is 0.414 e. The molecular weight excluding hydrogens is 1060 g/mol. The summed E-state index contributed by atoms with van der Waals surface area (Å²) in [6, 6.07) is 26.7. The zero-order chi connectivity index (χ0) is 56.0. The summed E-state index contributed by atoms with van der Waals surface area (Å²) < 4.78 is 109. The highest BCUT2D eigenvalue weighted by atomic mass is 35.5. The number of rotatable bonds is 14. The van der Waals surface area contributed by atoms with E-state index in [0.717, 1.165) is 10.5 Å². The summed E-state index contributed by atoms with van der Waals surface area (Å²) in [5.41, 5.74) is 4.82. The Morgan fingerprint density at radius 3 is 1.56 bits per heavy atom. The quantitative estimate of drug-likeness (QED) is 0.0630. The maximum atomic E-state index is 13.4. The molecule has 404 valence electrons. The molecule has 0 atom stereocenters. The summed E-state index contributed by atoms with van der Waals surface area (Å²) in [5.74, 6) is 0.471. The molecule has 0 unspecified atom stereocenters. The lowest BCUT2D eigenvalue weighted by Crippen LogP contribution is -2.39. The normalized spacial score (nSPS) is 11.7. The highest BCUT2D eigenvalue weighted by Crippen LogP contribution is 2.37. The summed E-state index contributed by atoms with van der Waals surface area (Å²) >= 11 is 12.2. The Bertz CT molecular complexity index is 3470. The number of hydrogen-bond donors (Lipinski definition) is 1. The van der Waals surface area contributed by atoms with E-state index >= 15 is 0 Å². The van der Waals surface area contributed by atoms with Crippen LogP contribution in [0.1, 0.15) is 65.5 Å². The van der Waals surface area contributed by atoms with E-state index in [1.165, 1.54) is 26.5 Å². The average molecular weight is 1110 g/mol. The summed E-state index contributed by atoms with van der Waals surface area (Å²) in [6.45, 7) is 7.36. The van der Waals surface area contributed by atoms with E-state index in [9.17, 15) is 40.7 Å². The number of benzene rings is 4. The van der Waals surface area contributed by atoms with Gasteiger partial charge in [-0.3, -0.25) is 13.7 Å². The lowest BCUT2D eigenvalue weighted by Gasteiger charge is -2.28. The van der Waals surface area contributed by atoms with Gasteiger partial charge in [-0.15, -0.1) is 0 Å². The van der Waals surface area contributed by atoms with Crippen molar-refractivity contribution in [3.05, 3.63) is 154 Å². The molecule has 4 aromatic carbocycles. The van der Waals surface area contributed by atoms with Gasteiger partial charge in [-0.2, -0.15) is 26.3 Å². The molecule has 1 amide bonds. The van der Waals surface area contributed by atoms with Gasteiger partial charge >= 0.3 is 30.4 Å². The molecule has 0 bridgehead atoms. The number of aryl methyl sites for hydroxylation is 2. The van der Waals surface area contributed by atoms with Crippen molar-refractivity contribution in [1.29, 1.82) is 0 Å². The van der Waals surface area contributed by atoms with Crippen LogP contribution in [0.4, 0.5) is 42.5 Å². The zero-order valence-corrected chi connectivity index (χ0v) is 43.9. The van der Waals surface area contributed by atoms with Gasteiger partial charge in [0.05, 0.1) is 85.7 Å². The topological polar surface area (TPSA) is 147 Å². The molecule has 0 saturated heterocycles. The van der Waals surface area contributed by atoms with Crippen molar-refractivity contribution in [3.63, 3.8) is 0 Å². The van der Waals surface area contributed by atoms with Crippen LogP contribution in [0.3, 0.4) is 0 Å². The van der Waals surface area contributed by atoms with Crippen LogP contribution in [0.15, 0.2) is 122 Å². The molecule has 0 fully saturated rings. The molecule has 0 aliphatic carbocycles. The third-order valence-electron chi connectivity index (χ3n) is 11.3. The second-order valence-corrected chi connectivity index (χ2v) is 19.1. The van der Waals surface area contributed by atoms with Crippen LogP contribution in [0.5, 0.6) is 23.0 Å². The first kappa shape index (κ1) is 56.8. The van der Waals surface area contributed by atoms with Gasteiger partial charge in [0.15, 0.2) is 11.3 Å². The first-order valence-corrected chi connectivity index (χ1v) is 24.2. The summed E-state index contributed by atoms with van der Waals surface area (Å²) in [5, 5.41) is 3.72. The Balaban J connectivity index is 0.000000227. The SMILES string of the molecule is COC(=O)c1ccc(-c2cnc3c(N(CCC(F)(F)F)C(=O)OC(C)(C)C)cc(Oc4cccc(Cl)c4)cn23)cc1C.COC(=O)c1ccc(-c2cnc3c(NCCC(F)(F)F)cc(Oc4cccc(Cl)c4)cn23)cc1C. The molecule has 0 saturated carbocycles. The molecule has 0 aliphatic heterocycles.